The summed E-state index contributed by atoms with van der Waals surface area (Å²) in [6, 6.07) is 21.3. The molecule has 6 heteroatoms. The van der Waals surface area contributed by atoms with Crippen LogP contribution < -0.4 is 0 Å². The summed E-state index contributed by atoms with van der Waals surface area (Å²) in [5, 5.41) is 4.54. The van der Waals surface area contributed by atoms with Gasteiger partial charge in [0.1, 0.15) is 5.69 Å². The van der Waals surface area contributed by atoms with Crippen LogP contribution in [-0.2, 0) is 16.1 Å². The molecule has 0 saturated carbocycles. The van der Waals surface area contributed by atoms with Crippen molar-refractivity contribution in [1.29, 1.82) is 0 Å². The lowest BCUT2D eigenvalue weighted by Gasteiger charge is -2.15. The minimum absolute atomic E-state index is 0.277. The van der Waals surface area contributed by atoms with Crippen LogP contribution in [0.3, 0.4) is 0 Å². The zero-order valence-electron chi connectivity index (χ0n) is 18.0. The third-order valence-corrected chi connectivity index (χ3v) is 5.74. The zero-order chi connectivity index (χ0) is 22.7. The first-order valence-electron chi connectivity index (χ1n) is 10.1. The van der Waals surface area contributed by atoms with Crippen LogP contribution in [0.4, 0.5) is 0 Å². The van der Waals surface area contributed by atoms with E-state index < -0.39 is 5.97 Å². The molecule has 0 atom stereocenters. The number of carbonyl (C=O) groups excluding carboxylic acids is 1. The molecule has 0 unspecified atom stereocenters. The summed E-state index contributed by atoms with van der Waals surface area (Å²) >= 11 is 6.14. The average molecular weight is 448 g/mol. The molecule has 0 aliphatic heterocycles. The van der Waals surface area contributed by atoms with Gasteiger partial charge in [0.15, 0.2) is 5.76 Å². The van der Waals surface area contributed by atoms with E-state index in [1.54, 1.807) is 25.3 Å². The number of hydrogen-bond donors (Lipinski definition) is 0. The van der Waals surface area contributed by atoms with E-state index in [-0.39, 0.29) is 5.56 Å². The molecule has 0 aliphatic rings. The lowest BCUT2D eigenvalue weighted by molar-refractivity contribution is 0.0601. The number of esters is 1. The quantitative estimate of drug-likeness (QED) is 0.313. The van der Waals surface area contributed by atoms with Gasteiger partial charge in [0.25, 0.3) is 0 Å². The first-order valence-corrected chi connectivity index (χ1v) is 10.4. The van der Waals surface area contributed by atoms with Crippen LogP contribution in [0.15, 0.2) is 71.3 Å². The number of aromatic nitrogens is 1. The molecule has 0 spiro atoms. The summed E-state index contributed by atoms with van der Waals surface area (Å²) in [6.45, 7) is 2.52. The molecule has 0 N–H and O–H groups in total. The highest BCUT2D eigenvalue weighted by Gasteiger charge is 2.18. The van der Waals surface area contributed by atoms with Crippen molar-refractivity contribution in [3.8, 4) is 33.7 Å². The van der Waals surface area contributed by atoms with E-state index in [0.717, 1.165) is 27.8 Å². The molecular weight excluding hydrogens is 426 g/mol. The van der Waals surface area contributed by atoms with Crippen LogP contribution in [0.5, 0.6) is 0 Å². The molecule has 1 aromatic heterocycles. The molecule has 32 heavy (non-hydrogen) atoms. The van der Waals surface area contributed by atoms with Crippen molar-refractivity contribution in [2.24, 2.45) is 0 Å². The van der Waals surface area contributed by atoms with Gasteiger partial charge in [0.2, 0.25) is 0 Å². The Morgan fingerprint density at radius 3 is 2.44 bits per heavy atom. The summed E-state index contributed by atoms with van der Waals surface area (Å²) in [5.41, 5.74) is 6.91. The van der Waals surface area contributed by atoms with E-state index in [1.807, 2.05) is 30.3 Å². The zero-order valence-corrected chi connectivity index (χ0v) is 18.8. The van der Waals surface area contributed by atoms with Crippen molar-refractivity contribution in [1.82, 2.24) is 5.16 Å². The Balaban J connectivity index is 1.76. The number of halogens is 1. The molecule has 5 nitrogen and oxygen atoms in total. The standard InChI is InChI=1S/C26H22ClNO4/c1-16-19(17-7-5-4-6-8-17)10-11-20(22(16)15-30-2)25-14-24(28-32-25)18-9-12-23(27)21(13-18)26(29)31-3/h4-14H,15H2,1-3H3. The van der Waals surface area contributed by atoms with Gasteiger partial charge >= 0.3 is 5.97 Å². The molecule has 4 rings (SSSR count). The van der Waals surface area contributed by atoms with Crippen molar-refractivity contribution in [2.45, 2.75) is 13.5 Å². The molecule has 0 radical (unpaired) electrons. The van der Waals surface area contributed by atoms with Gasteiger partial charge in [-0.2, -0.15) is 0 Å². The fourth-order valence-electron chi connectivity index (χ4n) is 3.74. The van der Waals surface area contributed by atoms with Gasteiger partial charge in [-0.05, 0) is 41.3 Å². The molecular formula is C26H22ClNO4. The van der Waals surface area contributed by atoms with E-state index >= 15 is 0 Å². The van der Waals surface area contributed by atoms with Crippen molar-refractivity contribution < 1.29 is 18.8 Å². The molecule has 0 amide bonds. The minimum Gasteiger partial charge on any atom is -0.465 e. The highest BCUT2D eigenvalue weighted by molar-refractivity contribution is 6.33. The molecule has 162 valence electrons. The van der Waals surface area contributed by atoms with E-state index in [1.165, 1.54) is 7.11 Å². The van der Waals surface area contributed by atoms with Crippen molar-refractivity contribution in [3.05, 3.63) is 88.4 Å². The van der Waals surface area contributed by atoms with E-state index in [9.17, 15) is 4.79 Å². The minimum atomic E-state index is -0.505. The Morgan fingerprint density at radius 2 is 1.72 bits per heavy atom. The Hall–Kier alpha value is -3.41. The van der Waals surface area contributed by atoms with Gasteiger partial charge in [-0.3, -0.25) is 0 Å². The Bertz CT molecular complexity index is 1260. The number of hydrogen-bond acceptors (Lipinski definition) is 5. The third kappa shape index (κ3) is 4.17. The molecule has 0 fully saturated rings. The van der Waals surface area contributed by atoms with Gasteiger partial charge in [-0.15, -0.1) is 0 Å². The topological polar surface area (TPSA) is 61.6 Å². The monoisotopic (exact) mass is 447 g/mol. The van der Waals surface area contributed by atoms with Crippen LogP contribution in [0, 0.1) is 6.92 Å². The second-order valence-corrected chi connectivity index (χ2v) is 7.73. The number of carbonyl (C=O) groups is 1. The number of benzene rings is 3. The smallest absolute Gasteiger partial charge is 0.339 e. The number of ether oxygens (including phenoxy) is 2. The van der Waals surface area contributed by atoms with Crippen LogP contribution in [0.2, 0.25) is 5.02 Å². The van der Waals surface area contributed by atoms with Gasteiger partial charge in [0, 0.05) is 24.3 Å². The largest absolute Gasteiger partial charge is 0.465 e. The molecule has 0 saturated heterocycles. The Labute approximate surface area is 191 Å². The predicted octanol–water partition coefficient (Wildman–Crippen LogP) is 6.57. The first-order chi connectivity index (χ1) is 15.5. The Morgan fingerprint density at radius 1 is 0.969 bits per heavy atom. The normalized spacial score (nSPS) is 10.9. The van der Waals surface area contributed by atoms with E-state index in [0.29, 0.717) is 28.6 Å². The lowest BCUT2D eigenvalue weighted by atomic mass is 9.92. The van der Waals surface area contributed by atoms with Crippen LogP contribution >= 0.6 is 11.6 Å². The molecule has 0 aliphatic carbocycles. The first kappa shape index (κ1) is 21.8. The van der Waals surface area contributed by atoms with Gasteiger partial charge < -0.3 is 14.0 Å². The maximum atomic E-state index is 12.0. The van der Waals surface area contributed by atoms with Gasteiger partial charge in [-0.1, -0.05) is 65.3 Å². The summed E-state index contributed by atoms with van der Waals surface area (Å²) in [4.78, 5) is 12.0. The molecule has 4 aromatic rings. The fourth-order valence-corrected chi connectivity index (χ4v) is 3.93. The summed E-state index contributed by atoms with van der Waals surface area (Å²) in [6.07, 6.45) is 0. The van der Waals surface area contributed by atoms with Crippen LogP contribution in [0.25, 0.3) is 33.7 Å². The summed E-state index contributed by atoms with van der Waals surface area (Å²) in [5.74, 6) is 0.111. The number of rotatable bonds is 6. The maximum Gasteiger partial charge on any atom is 0.339 e. The molecule has 0 bridgehead atoms. The van der Waals surface area contributed by atoms with E-state index in [2.05, 4.69) is 30.3 Å². The van der Waals surface area contributed by atoms with Crippen LogP contribution in [-0.4, -0.2) is 25.3 Å². The molecule has 1 heterocycles. The summed E-state index contributed by atoms with van der Waals surface area (Å²) in [7, 11) is 2.99. The third-order valence-electron chi connectivity index (χ3n) is 5.41. The molecule has 3 aromatic carbocycles. The SMILES string of the molecule is COCc1c(-c2cc(-c3ccc(Cl)c(C(=O)OC)c3)no2)ccc(-c2ccccc2)c1C. The highest BCUT2D eigenvalue weighted by Crippen LogP contribution is 2.35. The lowest BCUT2D eigenvalue weighted by Crippen LogP contribution is -2.02. The summed E-state index contributed by atoms with van der Waals surface area (Å²) < 4.78 is 16.0. The van der Waals surface area contributed by atoms with Gasteiger partial charge in [0.05, 0.1) is 24.3 Å². The van der Waals surface area contributed by atoms with Crippen LogP contribution in [0.1, 0.15) is 21.5 Å². The van der Waals surface area contributed by atoms with Crippen molar-refractivity contribution in [2.75, 3.05) is 14.2 Å². The second kappa shape index (κ2) is 9.39. The van der Waals surface area contributed by atoms with Crippen molar-refractivity contribution in [3.63, 3.8) is 0 Å². The maximum absolute atomic E-state index is 12.0. The van der Waals surface area contributed by atoms with Gasteiger partial charge in [-0.25, -0.2) is 4.79 Å². The number of methoxy groups -OCH3 is 2. The predicted molar refractivity (Wildman–Crippen MR) is 125 cm³/mol. The fraction of sp³-hybridized carbons (Fsp3) is 0.154. The highest BCUT2D eigenvalue weighted by atomic mass is 35.5. The second-order valence-electron chi connectivity index (χ2n) is 7.33. The number of nitrogens with zero attached hydrogens (tertiary/aromatic N) is 1. The Kier molecular flexibility index (Phi) is 6.40. The van der Waals surface area contributed by atoms with E-state index in [4.69, 9.17) is 25.6 Å². The van der Waals surface area contributed by atoms with Crippen molar-refractivity contribution >= 4 is 17.6 Å². The average Bonchev–Trinajstić information content (AvgIpc) is 3.31.